The zero-order chi connectivity index (χ0) is 13.8. The average molecular weight is 266 g/mol. The third-order valence-corrected chi connectivity index (χ3v) is 3.32. The molecule has 0 aromatic heterocycles. The highest BCUT2D eigenvalue weighted by atomic mass is 16.6. The van der Waals surface area contributed by atoms with Crippen molar-refractivity contribution in [2.45, 2.75) is 6.42 Å². The van der Waals surface area contributed by atoms with Crippen molar-refractivity contribution in [3.63, 3.8) is 0 Å². The molecule has 0 aliphatic carbocycles. The molecule has 0 N–H and O–H groups in total. The van der Waals surface area contributed by atoms with Crippen LogP contribution in [0.5, 0.6) is 11.5 Å². The minimum Gasteiger partial charge on any atom is -0.493 e. The van der Waals surface area contributed by atoms with Crippen LogP contribution in [-0.2, 0) is 0 Å². The summed E-state index contributed by atoms with van der Waals surface area (Å²) in [6.07, 6.45) is 1.09. The second-order valence-corrected chi connectivity index (χ2v) is 4.82. The molecule has 0 radical (unpaired) electrons. The molecule has 0 spiro atoms. The first-order valence-electron chi connectivity index (χ1n) is 6.24. The lowest BCUT2D eigenvalue weighted by Crippen LogP contribution is -2.18. The maximum absolute atomic E-state index is 10.8. The number of ether oxygens (including phenoxy) is 2. The van der Waals surface area contributed by atoms with E-state index in [9.17, 15) is 10.1 Å². The molecule has 104 valence electrons. The molecule has 0 unspecified atom stereocenters. The lowest BCUT2D eigenvalue weighted by Gasteiger charge is -2.14. The van der Waals surface area contributed by atoms with Crippen molar-refractivity contribution in [3.8, 4) is 11.5 Å². The number of hydrogen-bond acceptors (Lipinski definition) is 5. The first-order valence-corrected chi connectivity index (χ1v) is 6.24. The first-order chi connectivity index (χ1) is 9.10. The Morgan fingerprint density at radius 3 is 2.84 bits per heavy atom. The predicted octanol–water partition coefficient (Wildman–Crippen LogP) is 1.93. The van der Waals surface area contributed by atoms with E-state index >= 15 is 0 Å². The topological polar surface area (TPSA) is 64.8 Å². The predicted molar refractivity (Wildman–Crippen MR) is 70.7 cm³/mol. The van der Waals surface area contributed by atoms with E-state index in [1.165, 1.54) is 19.2 Å². The van der Waals surface area contributed by atoms with Gasteiger partial charge in [0.25, 0.3) is 5.69 Å². The van der Waals surface area contributed by atoms with Crippen molar-refractivity contribution in [1.82, 2.24) is 4.90 Å². The number of non-ortho nitro benzene ring substituents is 1. The molecule has 6 heteroatoms. The molecule has 1 aliphatic rings. The molecule has 0 bridgehead atoms. The van der Waals surface area contributed by atoms with E-state index in [4.69, 9.17) is 9.47 Å². The van der Waals surface area contributed by atoms with Crippen LogP contribution in [-0.4, -0.2) is 43.7 Å². The highest BCUT2D eigenvalue weighted by molar-refractivity contribution is 5.48. The lowest BCUT2D eigenvalue weighted by atomic mass is 10.1. The first kappa shape index (κ1) is 13.6. The van der Waals surface area contributed by atoms with E-state index in [1.807, 2.05) is 0 Å². The number of rotatable bonds is 5. The van der Waals surface area contributed by atoms with Gasteiger partial charge in [-0.2, -0.15) is 0 Å². The number of likely N-dealkylation sites (tertiary alicyclic amines) is 1. The molecule has 1 heterocycles. The lowest BCUT2D eigenvalue weighted by molar-refractivity contribution is -0.385. The number of nitro benzene ring substituents is 1. The number of methoxy groups -OCH3 is 1. The normalized spacial score (nSPS) is 19.4. The van der Waals surface area contributed by atoms with Gasteiger partial charge in [0.05, 0.1) is 24.7 Å². The Balaban J connectivity index is 2.05. The van der Waals surface area contributed by atoms with Gasteiger partial charge >= 0.3 is 0 Å². The van der Waals surface area contributed by atoms with Crippen LogP contribution >= 0.6 is 0 Å². The zero-order valence-corrected chi connectivity index (χ0v) is 11.2. The van der Waals surface area contributed by atoms with Crippen LogP contribution in [0.2, 0.25) is 0 Å². The Bertz CT molecular complexity index is 464. The summed E-state index contributed by atoms with van der Waals surface area (Å²) in [5.74, 6) is 1.43. The molecule has 1 aromatic rings. The SMILES string of the molecule is COc1ccc([N+](=O)[O-])cc1OC[C@H]1CCN(C)C1. The van der Waals surface area contributed by atoms with Gasteiger partial charge in [0.1, 0.15) is 0 Å². The standard InChI is InChI=1S/C13H18N2O4/c1-14-6-5-10(8-14)9-19-13-7-11(15(16)17)3-4-12(13)18-2/h3-4,7,10H,5-6,8-9H2,1-2H3/t10-/m0/s1. The summed E-state index contributed by atoms with van der Waals surface area (Å²) in [4.78, 5) is 12.6. The summed E-state index contributed by atoms with van der Waals surface area (Å²) < 4.78 is 10.9. The van der Waals surface area contributed by atoms with Gasteiger partial charge in [0, 0.05) is 18.5 Å². The van der Waals surface area contributed by atoms with Gasteiger partial charge in [-0.25, -0.2) is 0 Å². The van der Waals surface area contributed by atoms with Gasteiger partial charge in [-0.1, -0.05) is 0 Å². The summed E-state index contributed by atoms with van der Waals surface area (Å²) in [5.41, 5.74) is 0.0133. The van der Waals surface area contributed by atoms with Crippen LogP contribution in [0.25, 0.3) is 0 Å². The van der Waals surface area contributed by atoms with Gasteiger partial charge < -0.3 is 14.4 Å². The quantitative estimate of drug-likeness (QED) is 0.602. The molecule has 1 saturated heterocycles. The minimum atomic E-state index is -0.435. The highest BCUT2D eigenvalue weighted by Crippen LogP contribution is 2.31. The van der Waals surface area contributed by atoms with E-state index < -0.39 is 4.92 Å². The number of nitrogens with zero attached hydrogens (tertiary/aromatic N) is 2. The van der Waals surface area contributed by atoms with Crippen LogP contribution in [0.4, 0.5) is 5.69 Å². The number of nitro groups is 1. The Morgan fingerprint density at radius 1 is 1.47 bits per heavy atom. The van der Waals surface area contributed by atoms with Gasteiger partial charge in [-0.15, -0.1) is 0 Å². The molecule has 1 aromatic carbocycles. The molecular formula is C13H18N2O4. The van der Waals surface area contributed by atoms with Crippen LogP contribution in [0.3, 0.4) is 0 Å². The zero-order valence-electron chi connectivity index (χ0n) is 11.2. The third-order valence-electron chi connectivity index (χ3n) is 3.32. The number of benzene rings is 1. The summed E-state index contributed by atoms with van der Waals surface area (Å²) >= 11 is 0. The molecule has 19 heavy (non-hydrogen) atoms. The van der Waals surface area contributed by atoms with Crippen molar-refractivity contribution in [1.29, 1.82) is 0 Å². The van der Waals surface area contributed by atoms with Crippen LogP contribution < -0.4 is 9.47 Å². The Kier molecular flexibility index (Phi) is 4.21. The van der Waals surface area contributed by atoms with Crippen molar-refractivity contribution in [2.24, 2.45) is 5.92 Å². The van der Waals surface area contributed by atoms with E-state index in [0.717, 1.165) is 19.5 Å². The van der Waals surface area contributed by atoms with Gasteiger partial charge in [-0.05, 0) is 26.1 Å². The fourth-order valence-corrected chi connectivity index (χ4v) is 2.26. The van der Waals surface area contributed by atoms with Crippen LogP contribution in [0.1, 0.15) is 6.42 Å². The monoisotopic (exact) mass is 266 g/mol. The second-order valence-electron chi connectivity index (χ2n) is 4.82. The Hall–Kier alpha value is -1.82. The van der Waals surface area contributed by atoms with Crippen molar-refractivity contribution in [2.75, 3.05) is 33.9 Å². The molecule has 2 rings (SSSR count). The van der Waals surface area contributed by atoms with Crippen molar-refractivity contribution >= 4 is 5.69 Å². The Labute approximate surface area is 112 Å². The molecule has 0 amide bonds. The Morgan fingerprint density at radius 2 is 2.26 bits per heavy atom. The van der Waals surface area contributed by atoms with Crippen LogP contribution in [0.15, 0.2) is 18.2 Å². The molecule has 0 saturated carbocycles. The summed E-state index contributed by atoms with van der Waals surface area (Å²) in [6, 6.07) is 4.39. The van der Waals surface area contributed by atoms with Crippen molar-refractivity contribution < 1.29 is 14.4 Å². The van der Waals surface area contributed by atoms with E-state index in [1.54, 1.807) is 6.07 Å². The fraction of sp³-hybridized carbons (Fsp3) is 0.538. The molecule has 1 atom stereocenters. The maximum atomic E-state index is 10.8. The molecule has 1 fully saturated rings. The highest BCUT2D eigenvalue weighted by Gasteiger charge is 2.21. The van der Waals surface area contributed by atoms with Crippen LogP contribution in [0, 0.1) is 16.0 Å². The van der Waals surface area contributed by atoms with Gasteiger partial charge in [0.2, 0.25) is 0 Å². The largest absolute Gasteiger partial charge is 0.493 e. The van der Waals surface area contributed by atoms with Gasteiger partial charge in [0.15, 0.2) is 11.5 Å². The second kappa shape index (κ2) is 5.88. The smallest absolute Gasteiger partial charge is 0.273 e. The average Bonchev–Trinajstić information content (AvgIpc) is 2.81. The van der Waals surface area contributed by atoms with Gasteiger partial charge in [-0.3, -0.25) is 10.1 Å². The fourth-order valence-electron chi connectivity index (χ4n) is 2.26. The van der Waals surface area contributed by atoms with E-state index in [2.05, 4.69) is 11.9 Å². The minimum absolute atomic E-state index is 0.0133. The maximum Gasteiger partial charge on any atom is 0.273 e. The summed E-state index contributed by atoms with van der Waals surface area (Å²) in [7, 11) is 3.60. The number of hydrogen-bond donors (Lipinski definition) is 0. The summed E-state index contributed by atoms with van der Waals surface area (Å²) in [5, 5.41) is 10.8. The molecule has 1 aliphatic heterocycles. The molecular weight excluding hydrogens is 248 g/mol. The van der Waals surface area contributed by atoms with Crippen molar-refractivity contribution in [3.05, 3.63) is 28.3 Å². The third kappa shape index (κ3) is 3.35. The molecule has 6 nitrogen and oxygen atoms in total. The van der Waals surface area contributed by atoms with E-state index in [-0.39, 0.29) is 5.69 Å². The summed E-state index contributed by atoms with van der Waals surface area (Å²) in [6.45, 7) is 2.62. The van der Waals surface area contributed by atoms with E-state index in [0.29, 0.717) is 24.0 Å².